The van der Waals surface area contributed by atoms with Crippen molar-refractivity contribution in [2.45, 2.75) is 13.8 Å². The van der Waals surface area contributed by atoms with Gasteiger partial charge in [0, 0.05) is 0 Å². The molecule has 0 N–H and O–H groups in total. The Hall–Kier alpha value is 2.05. The Morgan fingerprint density at radius 1 is 0.714 bits per heavy atom. The monoisotopic (exact) mass is 221 g/mol. The molecule has 0 aromatic carbocycles. The zero-order valence-electron chi connectivity index (χ0n) is 6.41. The number of rotatable bonds is 0. The zero-order valence-corrected chi connectivity index (χ0v) is 12.7. The molecular weight excluding hydrogens is 205 g/mol. The first-order valence-electron chi connectivity index (χ1n) is 1.41. The average molecular weight is 221 g/mol. The summed E-state index contributed by atoms with van der Waals surface area (Å²) in [5, 5.41) is 0. The predicted molar refractivity (Wildman–Crippen MR) is 34.9 cm³/mol. The topological polar surface area (TPSA) is 0 Å². The molecule has 0 nitrogen and oxygen atoms in total. The first-order chi connectivity index (χ1) is 2.00. The Labute approximate surface area is 109 Å². The van der Waals surface area contributed by atoms with Gasteiger partial charge < -0.3 is 28.7 Å². The van der Waals surface area contributed by atoms with Crippen LogP contribution >= 0.6 is 0 Å². The molecule has 0 aromatic heterocycles. The van der Waals surface area contributed by atoms with Crippen molar-refractivity contribution in [1.82, 2.24) is 0 Å². The molecule has 0 unspecified atom stereocenters. The van der Waals surface area contributed by atoms with Gasteiger partial charge in [-0.15, -0.1) is 0 Å². The average Bonchev–Trinajstić information content (AvgIpc) is 1.50. The van der Waals surface area contributed by atoms with E-state index in [2.05, 4.69) is 13.8 Å². The number of hydrogen-bond acceptors (Lipinski definition) is 0. The molecule has 0 spiro atoms. The molecule has 0 fully saturated rings. The summed E-state index contributed by atoms with van der Waals surface area (Å²) in [5.41, 5.74) is 0. The third-order valence-electron chi connectivity index (χ3n) is 0. The summed E-state index contributed by atoms with van der Waals surface area (Å²) in [6.45, 7) is 10.0. The van der Waals surface area contributed by atoms with Crippen LogP contribution in [-0.2, 0) is 0 Å². The minimum atomic E-state index is 0. The van der Waals surface area contributed by atoms with E-state index in [4.69, 9.17) is 0 Å². The van der Waals surface area contributed by atoms with Crippen molar-refractivity contribution in [3.8, 4) is 0 Å². The van der Waals surface area contributed by atoms with Gasteiger partial charge in [0.2, 0.25) is 0 Å². The summed E-state index contributed by atoms with van der Waals surface area (Å²) >= 11 is 0. The molecule has 0 rings (SSSR count). The number of hydrogen-bond donors (Lipinski definition) is 0. The summed E-state index contributed by atoms with van der Waals surface area (Å²) in [7, 11) is 0. The fourth-order valence-corrected chi connectivity index (χ4v) is 0. The van der Waals surface area contributed by atoms with Crippen LogP contribution in [0, 0.1) is 28.7 Å². The maximum absolute atomic E-state index is 3.25. The molecular formula is C6H16Cs-3. The van der Waals surface area contributed by atoms with E-state index in [-0.39, 0.29) is 83.7 Å². The SMILES string of the molecule is [CH2-]C.[CH2-]C.[CH3-].[CH3-].[Cs+]. The molecule has 0 bridgehead atoms. The Balaban J connectivity index is -0.00000000267. The van der Waals surface area contributed by atoms with Crippen molar-refractivity contribution in [1.29, 1.82) is 0 Å². The second kappa shape index (κ2) is 95.1. The van der Waals surface area contributed by atoms with E-state index in [1.54, 1.807) is 13.8 Å². The van der Waals surface area contributed by atoms with Crippen LogP contribution in [0.15, 0.2) is 0 Å². The van der Waals surface area contributed by atoms with Crippen LogP contribution in [0.1, 0.15) is 13.8 Å². The summed E-state index contributed by atoms with van der Waals surface area (Å²) in [5.74, 6) is 0. The third-order valence-corrected chi connectivity index (χ3v) is 0. The molecule has 0 saturated carbocycles. The van der Waals surface area contributed by atoms with Crippen molar-refractivity contribution >= 4 is 0 Å². The molecule has 0 aromatic rings. The summed E-state index contributed by atoms with van der Waals surface area (Å²) in [6.07, 6.45) is 0. The molecule has 1 heteroatoms. The van der Waals surface area contributed by atoms with Crippen LogP contribution in [0.5, 0.6) is 0 Å². The first-order valence-corrected chi connectivity index (χ1v) is 1.41. The van der Waals surface area contributed by atoms with Gasteiger partial charge in [-0.1, -0.05) is 0 Å². The largest absolute Gasteiger partial charge is 1.00 e. The van der Waals surface area contributed by atoms with Gasteiger partial charge in [0.05, 0.1) is 0 Å². The van der Waals surface area contributed by atoms with Crippen LogP contribution < -0.4 is 68.9 Å². The van der Waals surface area contributed by atoms with Crippen LogP contribution in [0.25, 0.3) is 0 Å². The van der Waals surface area contributed by atoms with Crippen LogP contribution in [0.2, 0.25) is 0 Å². The summed E-state index contributed by atoms with van der Waals surface area (Å²) < 4.78 is 0. The van der Waals surface area contributed by atoms with Crippen molar-refractivity contribution < 1.29 is 68.9 Å². The molecule has 0 radical (unpaired) electrons. The fourth-order valence-electron chi connectivity index (χ4n) is 0. The van der Waals surface area contributed by atoms with E-state index in [0.29, 0.717) is 0 Å². The predicted octanol–water partition coefficient (Wildman–Crippen LogP) is -0.415. The second-order valence-corrected chi connectivity index (χ2v) is 0. The van der Waals surface area contributed by atoms with Crippen LogP contribution in [-0.4, -0.2) is 0 Å². The molecule has 0 aliphatic heterocycles. The van der Waals surface area contributed by atoms with E-state index < -0.39 is 0 Å². The van der Waals surface area contributed by atoms with Gasteiger partial charge in [-0.25, -0.2) is 0 Å². The zero-order chi connectivity index (χ0) is 4.00. The van der Waals surface area contributed by atoms with Gasteiger partial charge in [-0.05, 0) is 0 Å². The molecule has 0 aliphatic rings. The second-order valence-electron chi connectivity index (χ2n) is 0. The van der Waals surface area contributed by atoms with Crippen molar-refractivity contribution in [2.75, 3.05) is 0 Å². The molecule has 44 valence electrons. The van der Waals surface area contributed by atoms with Crippen LogP contribution in [0.4, 0.5) is 0 Å². The molecule has 0 heterocycles. The van der Waals surface area contributed by atoms with Crippen LogP contribution in [0.3, 0.4) is 0 Å². The van der Waals surface area contributed by atoms with E-state index in [0.717, 1.165) is 0 Å². The van der Waals surface area contributed by atoms with E-state index >= 15 is 0 Å². The minimum absolute atomic E-state index is 0. The Bertz CT molecular complexity index is 4.14. The molecule has 0 amide bonds. The van der Waals surface area contributed by atoms with Crippen molar-refractivity contribution in [3.63, 3.8) is 0 Å². The Morgan fingerprint density at radius 2 is 0.714 bits per heavy atom. The van der Waals surface area contributed by atoms with E-state index in [1.165, 1.54) is 0 Å². The van der Waals surface area contributed by atoms with Gasteiger partial charge in [0.1, 0.15) is 0 Å². The molecule has 0 aliphatic carbocycles. The van der Waals surface area contributed by atoms with Crippen molar-refractivity contribution in [2.24, 2.45) is 0 Å². The molecule has 0 atom stereocenters. The van der Waals surface area contributed by atoms with Gasteiger partial charge in [-0.2, -0.15) is 13.8 Å². The quantitative estimate of drug-likeness (QED) is 0.488. The van der Waals surface area contributed by atoms with Crippen molar-refractivity contribution in [3.05, 3.63) is 28.7 Å². The standard InChI is InChI=1S/2C2H5.2CH3.Cs/c2*1-2;;;/h2*1H2,2H3;2*1H3;/q4*-1;+1. The molecule has 0 saturated heterocycles. The summed E-state index contributed by atoms with van der Waals surface area (Å²) in [4.78, 5) is 0. The van der Waals surface area contributed by atoms with Gasteiger partial charge in [0.25, 0.3) is 0 Å². The van der Waals surface area contributed by atoms with Gasteiger partial charge >= 0.3 is 68.9 Å². The van der Waals surface area contributed by atoms with E-state index in [9.17, 15) is 0 Å². The normalized spacial score (nSPS) is 1.71. The summed E-state index contributed by atoms with van der Waals surface area (Å²) in [6, 6.07) is 0. The first kappa shape index (κ1) is 35.7. The van der Waals surface area contributed by atoms with E-state index in [1.807, 2.05) is 0 Å². The van der Waals surface area contributed by atoms with Gasteiger partial charge in [-0.3, -0.25) is 0 Å². The van der Waals surface area contributed by atoms with Gasteiger partial charge in [0.15, 0.2) is 0 Å². The Kier molecular flexibility index (Phi) is 486. The maximum Gasteiger partial charge on any atom is 1.00 e. The Morgan fingerprint density at radius 3 is 0.714 bits per heavy atom. The molecule has 7 heavy (non-hydrogen) atoms. The minimum Gasteiger partial charge on any atom is -0.358 e. The smallest absolute Gasteiger partial charge is 0.358 e. The third kappa shape index (κ3) is 70.0. The maximum atomic E-state index is 3.25. The fraction of sp³-hybridized carbons (Fsp3) is 0.333.